The van der Waals surface area contributed by atoms with E-state index in [1.165, 1.54) is 18.5 Å². The molecule has 0 bridgehead atoms. The minimum Gasteiger partial charge on any atom is -0.399 e. The van der Waals surface area contributed by atoms with Gasteiger partial charge in [0.2, 0.25) is 0 Å². The Labute approximate surface area is 113 Å². The molecular formula is C15H20N4. The maximum atomic E-state index is 5.81. The number of nitrogens with two attached hydrogens (primary N) is 1. The zero-order chi connectivity index (χ0) is 13.2. The Kier molecular flexibility index (Phi) is 3.25. The standard InChI is InChI=1S/C15H20N4/c1-19-7-5-11(6-8-19)14-10-17-15(18-14)12-3-2-4-13(16)9-12/h2-4,9-11H,5-8,16H2,1H3,(H,17,18). The van der Waals surface area contributed by atoms with E-state index in [0.29, 0.717) is 5.92 Å². The maximum Gasteiger partial charge on any atom is 0.137 e. The SMILES string of the molecule is CN1CCC(c2cnc(-c3cccc(N)c3)[nH]2)CC1. The number of H-pyrrole nitrogens is 1. The second-order valence-electron chi connectivity index (χ2n) is 5.39. The van der Waals surface area contributed by atoms with E-state index in [2.05, 4.69) is 21.9 Å². The van der Waals surface area contributed by atoms with Crippen LogP contribution in [0.4, 0.5) is 5.69 Å². The van der Waals surface area contributed by atoms with Crippen LogP contribution in [0, 0.1) is 0 Å². The molecule has 1 fully saturated rings. The number of aromatic amines is 1. The lowest BCUT2D eigenvalue weighted by molar-refractivity contribution is 0.253. The van der Waals surface area contributed by atoms with E-state index in [0.717, 1.165) is 30.2 Å². The lowest BCUT2D eigenvalue weighted by Gasteiger charge is -2.28. The van der Waals surface area contributed by atoms with Gasteiger partial charge in [0.25, 0.3) is 0 Å². The molecular weight excluding hydrogens is 236 g/mol. The first kappa shape index (κ1) is 12.2. The van der Waals surface area contributed by atoms with Gasteiger partial charge in [-0.2, -0.15) is 0 Å². The van der Waals surface area contributed by atoms with Gasteiger partial charge < -0.3 is 15.6 Å². The van der Waals surface area contributed by atoms with Crippen molar-refractivity contribution in [2.24, 2.45) is 0 Å². The first-order chi connectivity index (χ1) is 9.22. The van der Waals surface area contributed by atoms with E-state index in [1.54, 1.807) is 0 Å². The van der Waals surface area contributed by atoms with Crippen LogP contribution in [0.15, 0.2) is 30.5 Å². The van der Waals surface area contributed by atoms with Crippen LogP contribution in [0.1, 0.15) is 24.5 Å². The molecule has 3 N–H and O–H groups in total. The van der Waals surface area contributed by atoms with Crippen molar-refractivity contribution in [3.8, 4) is 11.4 Å². The summed E-state index contributed by atoms with van der Waals surface area (Å²) < 4.78 is 0. The third kappa shape index (κ3) is 2.63. The summed E-state index contributed by atoms with van der Waals surface area (Å²) in [5, 5.41) is 0. The van der Waals surface area contributed by atoms with Crippen molar-refractivity contribution >= 4 is 5.69 Å². The summed E-state index contributed by atoms with van der Waals surface area (Å²) in [5.74, 6) is 1.53. The summed E-state index contributed by atoms with van der Waals surface area (Å²) >= 11 is 0. The monoisotopic (exact) mass is 256 g/mol. The molecule has 0 unspecified atom stereocenters. The molecule has 19 heavy (non-hydrogen) atoms. The fourth-order valence-corrected chi connectivity index (χ4v) is 2.70. The van der Waals surface area contributed by atoms with Gasteiger partial charge in [-0.1, -0.05) is 12.1 Å². The summed E-state index contributed by atoms with van der Waals surface area (Å²) in [6.07, 6.45) is 4.39. The fraction of sp³-hybridized carbons (Fsp3) is 0.400. The first-order valence-electron chi connectivity index (χ1n) is 6.82. The number of nitrogens with zero attached hydrogens (tertiary/aromatic N) is 2. The van der Waals surface area contributed by atoms with E-state index >= 15 is 0 Å². The molecule has 0 radical (unpaired) electrons. The number of rotatable bonds is 2. The van der Waals surface area contributed by atoms with E-state index in [9.17, 15) is 0 Å². The van der Waals surface area contributed by atoms with Gasteiger partial charge in [-0.25, -0.2) is 4.98 Å². The highest BCUT2D eigenvalue weighted by Gasteiger charge is 2.20. The number of imidazole rings is 1. The van der Waals surface area contributed by atoms with Gasteiger partial charge in [-0.15, -0.1) is 0 Å². The number of hydrogen-bond donors (Lipinski definition) is 2. The molecule has 1 aliphatic heterocycles. The Balaban J connectivity index is 1.80. The van der Waals surface area contributed by atoms with Crippen molar-refractivity contribution in [2.75, 3.05) is 25.9 Å². The van der Waals surface area contributed by atoms with Crippen LogP contribution >= 0.6 is 0 Å². The van der Waals surface area contributed by atoms with Crippen molar-refractivity contribution < 1.29 is 0 Å². The van der Waals surface area contributed by atoms with Gasteiger partial charge in [0.1, 0.15) is 5.82 Å². The molecule has 0 spiro atoms. The highest BCUT2D eigenvalue weighted by Crippen LogP contribution is 2.28. The quantitative estimate of drug-likeness (QED) is 0.812. The van der Waals surface area contributed by atoms with Crippen molar-refractivity contribution in [3.05, 3.63) is 36.2 Å². The molecule has 2 aromatic rings. The number of nitrogens with one attached hydrogen (secondary N) is 1. The second kappa shape index (κ2) is 5.05. The molecule has 1 aliphatic rings. The molecule has 4 heteroatoms. The van der Waals surface area contributed by atoms with Gasteiger partial charge in [0.05, 0.1) is 0 Å². The summed E-state index contributed by atoms with van der Waals surface area (Å²) in [5.41, 5.74) is 8.90. The molecule has 2 heterocycles. The van der Waals surface area contributed by atoms with E-state index in [1.807, 2.05) is 30.5 Å². The van der Waals surface area contributed by atoms with Gasteiger partial charge in [0, 0.05) is 29.1 Å². The molecule has 4 nitrogen and oxygen atoms in total. The number of likely N-dealkylation sites (tertiary alicyclic amines) is 1. The Morgan fingerprint density at radius 3 is 2.84 bits per heavy atom. The van der Waals surface area contributed by atoms with Crippen LogP contribution < -0.4 is 5.73 Å². The zero-order valence-electron chi connectivity index (χ0n) is 11.3. The second-order valence-corrected chi connectivity index (χ2v) is 5.39. The number of nitrogen functional groups attached to an aromatic ring is 1. The highest BCUT2D eigenvalue weighted by atomic mass is 15.1. The van der Waals surface area contributed by atoms with Crippen molar-refractivity contribution in [1.29, 1.82) is 0 Å². The van der Waals surface area contributed by atoms with Crippen molar-refractivity contribution in [1.82, 2.24) is 14.9 Å². The fourth-order valence-electron chi connectivity index (χ4n) is 2.70. The summed E-state index contributed by atoms with van der Waals surface area (Å²) in [6, 6.07) is 7.84. The van der Waals surface area contributed by atoms with Crippen LogP contribution in [0.5, 0.6) is 0 Å². The minimum absolute atomic E-state index is 0.610. The summed E-state index contributed by atoms with van der Waals surface area (Å²) in [6.45, 7) is 2.33. The molecule has 1 aromatic heterocycles. The molecule has 0 atom stereocenters. The predicted octanol–water partition coefficient (Wildman–Crippen LogP) is 2.47. The Morgan fingerprint density at radius 1 is 1.32 bits per heavy atom. The van der Waals surface area contributed by atoms with E-state index in [-0.39, 0.29) is 0 Å². The van der Waals surface area contributed by atoms with Crippen LogP contribution in [-0.2, 0) is 0 Å². The number of hydrogen-bond acceptors (Lipinski definition) is 3. The van der Waals surface area contributed by atoms with Crippen LogP contribution in [0.25, 0.3) is 11.4 Å². The van der Waals surface area contributed by atoms with Crippen LogP contribution in [-0.4, -0.2) is 35.0 Å². The van der Waals surface area contributed by atoms with E-state index in [4.69, 9.17) is 5.73 Å². The summed E-state index contributed by atoms with van der Waals surface area (Å²) in [4.78, 5) is 10.3. The average Bonchev–Trinajstić information content (AvgIpc) is 2.89. The highest BCUT2D eigenvalue weighted by molar-refractivity contribution is 5.61. The lowest BCUT2D eigenvalue weighted by atomic mass is 9.94. The molecule has 0 aliphatic carbocycles. The number of piperidine rings is 1. The van der Waals surface area contributed by atoms with Gasteiger partial charge >= 0.3 is 0 Å². The topological polar surface area (TPSA) is 57.9 Å². The number of aromatic nitrogens is 2. The third-order valence-electron chi connectivity index (χ3n) is 3.91. The van der Waals surface area contributed by atoms with Gasteiger partial charge in [-0.05, 0) is 45.1 Å². The molecule has 3 rings (SSSR count). The maximum absolute atomic E-state index is 5.81. The van der Waals surface area contributed by atoms with Crippen molar-refractivity contribution in [2.45, 2.75) is 18.8 Å². The largest absolute Gasteiger partial charge is 0.399 e. The molecule has 0 amide bonds. The van der Waals surface area contributed by atoms with Crippen LogP contribution in [0.3, 0.4) is 0 Å². The average molecular weight is 256 g/mol. The lowest BCUT2D eigenvalue weighted by Crippen LogP contribution is -2.29. The molecule has 1 saturated heterocycles. The normalized spacial score (nSPS) is 17.7. The molecule has 0 saturated carbocycles. The molecule has 1 aromatic carbocycles. The molecule has 100 valence electrons. The number of anilines is 1. The predicted molar refractivity (Wildman–Crippen MR) is 77.9 cm³/mol. The Bertz CT molecular complexity index is 553. The Morgan fingerprint density at radius 2 is 2.11 bits per heavy atom. The third-order valence-corrected chi connectivity index (χ3v) is 3.91. The van der Waals surface area contributed by atoms with Gasteiger partial charge in [0.15, 0.2) is 0 Å². The van der Waals surface area contributed by atoms with Crippen molar-refractivity contribution in [3.63, 3.8) is 0 Å². The first-order valence-corrected chi connectivity index (χ1v) is 6.82. The number of benzene rings is 1. The Hall–Kier alpha value is -1.81. The van der Waals surface area contributed by atoms with E-state index < -0.39 is 0 Å². The zero-order valence-corrected chi connectivity index (χ0v) is 11.3. The smallest absolute Gasteiger partial charge is 0.137 e. The summed E-state index contributed by atoms with van der Waals surface area (Å²) in [7, 11) is 2.18. The minimum atomic E-state index is 0.610. The van der Waals surface area contributed by atoms with Crippen LogP contribution in [0.2, 0.25) is 0 Å². The van der Waals surface area contributed by atoms with Gasteiger partial charge in [-0.3, -0.25) is 0 Å².